The van der Waals surface area contributed by atoms with Crippen molar-refractivity contribution in [1.82, 2.24) is 4.90 Å². The van der Waals surface area contributed by atoms with E-state index in [0.717, 1.165) is 25.9 Å². The van der Waals surface area contributed by atoms with Crippen molar-refractivity contribution in [2.45, 2.75) is 33.6 Å². The summed E-state index contributed by atoms with van der Waals surface area (Å²) in [6.45, 7) is 7.17. The molecule has 4 nitrogen and oxygen atoms in total. The summed E-state index contributed by atoms with van der Waals surface area (Å²) < 4.78 is 0. The summed E-state index contributed by atoms with van der Waals surface area (Å²) in [4.78, 5) is 22.3. The van der Waals surface area contributed by atoms with Crippen molar-refractivity contribution in [3.05, 3.63) is 0 Å². The maximum absolute atomic E-state index is 10.7. The number of aliphatic carboxylic acids is 1. The molecule has 0 bridgehead atoms. The summed E-state index contributed by atoms with van der Waals surface area (Å²) >= 11 is 0. The molecule has 0 unspecified atom stereocenters. The zero-order valence-electron chi connectivity index (χ0n) is 9.12. The number of hydrogen-bond acceptors (Lipinski definition) is 2. The first-order chi connectivity index (χ1) is 6.49. The molecule has 0 aromatic heterocycles. The van der Waals surface area contributed by atoms with Crippen LogP contribution in [0, 0.1) is 5.92 Å². The van der Waals surface area contributed by atoms with E-state index in [9.17, 15) is 9.59 Å². The molecule has 14 heavy (non-hydrogen) atoms. The van der Waals surface area contributed by atoms with Crippen LogP contribution in [0.2, 0.25) is 0 Å². The third-order valence-electron chi connectivity index (χ3n) is 2.05. The lowest BCUT2D eigenvalue weighted by Gasteiger charge is -2.10. The van der Waals surface area contributed by atoms with E-state index in [1.807, 2.05) is 11.8 Å². The second-order valence-electron chi connectivity index (χ2n) is 3.57. The Kier molecular flexibility index (Phi) is 5.92. The van der Waals surface area contributed by atoms with Crippen LogP contribution >= 0.6 is 0 Å². The summed E-state index contributed by atoms with van der Waals surface area (Å²) in [7, 11) is 0. The first kappa shape index (κ1) is 12.9. The van der Waals surface area contributed by atoms with E-state index >= 15 is 0 Å². The Morgan fingerprint density at radius 1 is 1.57 bits per heavy atom. The summed E-state index contributed by atoms with van der Waals surface area (Å²) in [6.07, 6.45) is 1.83. The van der Waals surface area contributed by atoms with E-state index in [-0.39, 0.29) is 5.92 Å². The van der Waals surface area contributed by atoms with E-state index in [1.54, 1.807) is 13.8 Å². The third kappa shape index (κ3) is 4.84. The van der Waals surface area contributed by atoms with Crippen molar-refractivity contribution in [3.63, 3.8) is 0 Å². The predicted octanol–water partition coefficient (Wildman–Crippen LogP) is 1.36. The second kappa shape index (κ2) is 6.40. The van der Waals surface area contributed by atoms with Crippen molar-refractivity contribution >= 4 is 11.9 Å². The molecule has 1 heterocycles. The Morgan fingerprint density at radius 3 is 2.21 bits per heavy atom. The molecule has 1 rings (SSSR count). The zero-order valence-corrected chi connectivity index (χ0v) is 9.12. The summed E-state index contributed by atoms with van der Waals surface area (Å²) in [5, 5.41) is 7.99. The molecule has 4 heteroatoms. The molecule has 1 aliphatic heterocycles. The maximum atomic E-state index is 10.7. The average molecular weight is 201 g/mol. The smallest absolute Gasteiger partial charge is 0.305 e. The summed E-state index contributed by atoms with van der Waals surface area (Å²) in [5.41, 5.74) is 0. The van der Waals surface area contributed by atoms with Crippen LogP contribution in [0.5, 0.6) is 0 Å². The topological polar surface area (TPSA) is 57.6 Å². The van der Waals surface area contributed by atoms with Gasteiger partial charge in [-0.15, -0.1) is 0 Å². The standard InChI is InChI=1S/C6H11NO.C4H8O2/c1-2-7-5-3-4-6(7)8;1-3(2)4(5)6/h2-5H2,1H3;3H,1-2H3,(H,5,6). The molecule has 1 aliphatic rings. The van der Waals surface area contributed by atoms with Gasteiger partial charge in [0.25, 0.3) is 0 Å². The molecule has 0 spiro atoms. The fourth-order valence-corrected chi connectivity index (χ4v) is 1.04. The Labute approximate surface area is 84.9 Å². The number of carbonyl (C=O) groups excluding carboxylic acids is 1. The zero-order chi connectivity index (χ0) is 11.1. The van der Waals surface area contributed by atoms with Gasteiger partial charge in [-0.3, -0.25) is 9.59 Å². The maximum Gasteiger partial charge on any atom is 0.305 e. The first-order valence-corrected chi connectivity index (χ1v) is 4.99. The number of amides is 1. The van der Waals surface area contributed by atoms with Crippen molar-refractivity contribution in [2.24, 2.45) is 5.92 Å². The van der Waals surface area contributed by atoms with Crippen molar-refractivity contribution < 1.29 is 14.7 Å². The minimum Gasteiger partial charge on any atom is -0.481 e. The Morgan fingerprint density at radius 2 is 2.07 bits per heavy atom. The van der Waals surface area contributed by atoms with Crippen molar-refractivity contribution in [3.8, 4) is 0 Å². The summed E-state index contributed by atoms with van der Waals surface area (Å²) in [5.74, 6) is -0.646. The number of nitrogens with zero attached hydrogens (tertiary/aromatic N) is 1. The van der Waals surface area contributed by atoms with Gasteiger partial charge in [-0.05, 0) is 13.3 Å². The van der Waals surface area contributed by atoms with Gasteiger partial charge in [0.05, 0.1) is 5.92 Å². The van der Waals surface area contributed by atoms with Crippen molar-refractivity contribution in [1.29, 1.82) is 0 Å². The largest absolute Gasteiger partial charge is 0.481 e. The molecular formula is C10H19NO3. The highest BCUT2D eigenvalue weighted by molar-refractivity contribution is 5.77. The molecule has 0 aromatic rings. The van der Waals surface area contributed by atoms with Crippen molar-refractivity contribution in [2.75, 3.05) is 13.1 Å². The minimum atomic E-state index is -0.741. The minimum absolute atomic E-state index is 0.231. The molecule has 0 radical (unpaired) electrons. The fourth-order valence-electron chi connectivity index (χ4n) is 1.04. The van der Waals surface area contributed by atoms with Gasteiger partial charge in [0.2, 0.25) is 5.91 Å². The van der Waals surface area contributed by atoms with Gasteiger partial charge in [-0.2, -0.15) is 0 Å². The first-order valence-electron chi connectivity index (χ1n) is 4.99. The molecule has 82 valence electrons. The molecular weight excluding hydrogens is 182 g/mol. The number of carboxylic acid groups (broad SMARTS) is 1. The normalized spacial score (nSPS) is 15.4. The molecule has 0 saturated carbocycles. The second-order valence-corrected chi connectivity index (χ2v) is 3.57. The monoisotopic (exact) mass is 201 g/mol. The number of likely N-dealkylation sites (tertiary alicyclic amines) is 1. The van der Waals surface area contributed by atoms with Gasteiger partial charge in [-0.1, -0.05) is 13.8 Å². The SMILES string of the molecule is CC(C)C(=O)O.CCN1CCCC1=O. The van der Waals surface area contributed by atoms with Gasteiger partial charge in [0.1, 0.15) is 0 Å². The number of carbonyl (C=O) groups is 2. The van der Waals surface area contributed by atoms with E-state index in [0.29, 0.717) is 5.91 Å². The van der Waals surface area contributed by atoms with Crippen LogP contribution in [-0.2, 0) is 9.59 Å². The van der Waals surface area contributed by atoms with Crippen LogP contribution in [0.3, 0.4) is 0 Å². The van der Waals surface area contributed by atoms with Gasteiger partial charge in [-0.25, -0.2) is 0 Å². The molecule has 1 fully saturated rings. The van der Waals surface area contributed by atoms with Gasteiger partial charge in [0, 0.05) is 19.5 Å². The highest BCUT2D eigenvalue weighted by Crippen LogP contribution is 2.07. The lowest BCUT2D eigenvalue weighted by molar-refractivity contribution is -0.140. The highest BCUT2D eigenvalue weighted by atomic mass is 16.4. The Balaban J connectivity index is 0.000000255. The van der Waals surface area contributed by atoms with Crippen LogP contribution < -0.4 is 0 Å². The van der Waals surface area contributed by atoms with Crippen LogP contribution in [-0.4, -0.2) is 35.0 Å². The Hall–Kier alpha value is -1.06. The molecule has 0 aromatic carbocycles. The number of rotatable bonds is 2. The van der Waals surface area contributed by atoms with E-state index < -0.39 is 5.97 Å². The number of hydrogen-bond donors (Lipinski definition) is 1. The fraction of sp³-hybridized carbons (Fsp3) is 0.800. The molecule has 1 saturated heterocycles. The molecule has 1 amide bonds. The average Bonchev–Trinajstić information content (AvgIpc) is 2.51. The molecule has 1 N–H and O–H groups in total. The Bertz CT molecular complexity index is 202. The van der Waals surface area contributed by atoms with Crippen LogP contribution in [0.15, 0.2) is 0 Å². The molecule has 0 atom stereocenters. The van der Waals surface area contributed by atoms with E-state index in [2.05, 4.69) is 0 Å². The predicted molar refractivity (Wildman–Crippen MR) is 54.0 cm³/mol. The quantitative estimate of drug-likeness (QED) is 0.733. The van der Waals surface area contributed by atoms with Gasteiger partial charge >= 0.3 is 5.97 Å². The summed E-state index contributed by atoms with van der Waals surface area (Å²) in [6, 6.07) is 0. The highest BCUT2D eigenvalue weighted by Gasteiger charge is 2.16. The lowest BCUT2D eigenvalue weighted by atomic mass is 10.2. The lowest BCUT2D eigenvalue weighted by Crippen LogP contribution is -2.23. The third-order valence-corrected chi connectivity index (χ3v) is 2.05. The van der Waals surface area contributed by atoms with E-state index in [1.165, 1.54) is 0 Å². The van der Waals surface area contributed by atoms with Crippen LogP contribution in [0.25, 0.3) is 0 Å². The molecule has 0 aliphatic carbocycles. The van der Waals surface area contributed by atoms with Crippen LogP contribution in [0.1, 0.15) is 33.6 Å². The van der Waals surface area contributed by atoms with Gasteiger partial charge in [0.15, 0.2) is 0 Å². The van der Waals surface area contributed by atoms with Crippen LogP contribution in [0.4, 0.5) is 0 Å². The number of carboxylic acids is 1. The van der Waals surface area contributed by atoms with E-state index in [4.69, 9.17) is 5.11 Å². The van der Waals surface area contributed by atoms with Gasteiger partial charge < -0.3 is 10.0 Å².